The number of hydrogen-bond acceptors (Lipinski definition) is 5. The maximum Gasteiger partial charge on any atom is 0.277 e. The second kappa shape index (κ2) is 6.01. The Hall–Kier alpha value is -1.34. The molecular weight excluding hydrogens is 318 g/mol. The van der Waals surface area contributed by atoms with Gasteiger partial charge in [-0.2, -0.15) is 0 Å². The Morgan fingerprint density at radius 3 is 2.78 bits per heavy atom. The second-order valence-corrected chi connectivity index (χ2v) is 5.18. The molecule has 0 aliphatic rings. The van der Waals surface area contributed by atoms with Crippen molar-refractivity contribution >= 4 is 33.6 Å². The van der Waals surface area contributed by atoms with E-state index < -0.39 is 0 Å². The van der Waals surface area contributed by atoms with E-state index in [2.05, 4.69) is 31.4 Å². The molecule has 1 aromatic carbocycles. The van der Waals surface area contributed by atoms with Crippen LogP contribution in [-0.2, 0) is 4.79 Å². The smallest absolute Gasteiger partial charge is 0.277 e. The molecule has 2 aromatic rings. The van der Waals surface area contributed by atoms with Crippen LogP contribution in [0.5, 0.6) is 0 Å². The highest BCUT2D eigenvalue weighted by atomic mass is 79.9. The molecule has 0 atom stereocenters. The molecule has 18 heavy (non-hydrogen) atoms. The number of rotatable bonds is 4. The van der Waals surface area contributed by atoms with Crippen LogP contribution in [0, 0.1) is 0 Å². The van der Waals surface area contributed by atoms with Crippen molar-refractivity contribution in [2.24, 2.45) is 0 Å². The summed E-state index contributed by atoms with van der Waals surface area (Å²) in [6.45, 7) is 0. The van der Waals surface area contributed by atoms with Crippen LogP contribution in [0.3, 0.4) is 0 Å². The zero-order valence-corrected chi connectivity index (χ0v) is 11.9. The highest BCUT2D eigenvalue weighted by Gasteiger charge is 2.10. The lowest BCUT2D eigenvalue weighted by Gasteiger charge is -1.95. The molecule has 0 unspecified atom stereocenters. The van der Waals surface area contributed by atoms with Crippen LogP contribution in [0.15, 0.2) is 38.4 Å². The first-order valence-electron chi connectivity index (χ1n) is 5.12. The molecule has 0 fully saturated rings. The minimum atomic E-state index is -0.0802. The van der Waals surface area contributed by atoms with Crippen molar-refractivity contribution < 1.29 is 9.21 Å². The molecule has 0 aliphatic carbocycles. The number of halogens is 1. The molecule has 1 N–H and O–H groups in total. The second-order valence-electron chi connectivity index (χ2n) is 3.34. The van der Waals surface area contributed by atoms with Crippen molar-refractivity contribution in [3.8, 4) is 11.5 Å². The molecule has 1 aromatic heterocycles. The van der Waals surface area contributed by atoms with Gasteiger partial charge in [-0.05, 0) is 24.3 Å². The van der Waals surface area contributed by atoms with Gasteiger partial charge in [-0.15, -0.1) is 10.2 Å². The number of carbonyl (C=O) groups is 1. The van der Waals surface area contributed by atoms with Gasteiger partial charge < -0.3 is 9.73 Å². The van der Waals surface area contributed by atoms with Crippen LogP contribution < -0.4 is 5.32 Å². The van der Waals surface area contributed by atoms with Crippen molar-refractivity contribution in [3.05, 3.63) is 28.7 Å². The van der Waals surface area contributed by atoms with E-state index >= 15 is 0 Å². The maximum absolute atomic E-state index is 11.1. The predicted molar refractivity (Wildman–Crippen MR) is 72.2 cm³/mol. The summed E-state index contributed by atoms with van der Waals surface area (Å²) in [5, 5.41) is 10.7. The summed E-state index contributed by atoms with van der Waals surface area (Å²) in [4.78, 5) is 11.1. The van der Waals surface area contributed by atoms with Crippen molar-refractivity contribution in [1.82, 2.24) is 15.5 Å². The summed E-state index contributed by atoms with van der Waals surface area (Å²) in [5.41, 5.74) is 0.845. The van der Waals surface area contributed by atoms with Crippen molar-refractivity contribution in [3.63, 3.8) is 0 Å². The molecule has 94 valence electrons. The minimum Gasteiger partial charge on any atom is -0.411 e. The first-order valence-corrected chi connectivity index (χ1v) is 6.89. The Balaban J connectivity index is 2.06. The van der Waals surface area contributed by atoms with E-state index in [0.29, 0.717) is 11.1 Å². The van der Waals surface area contributed by atoms with E-state index in [-0.39, 0.29) is 11.7 Å². The minimum absolute atomic E-state index is 0.0802. The fraction of sp³-hybridized carbons (Fsp3) is 0.182. The maximum atomic E-state index is 11.1. The van der Waals surface area contributed by atoms with Gasteiger partial charge in [0.25, 0.3) is 5.22 Å². The van der Waals surface area contributed by atoms with Gasteiger partial charge >= 0.3 is 0 Å². The van der Waals surface area contributed by atoms with E-state index in [1.807, 2.05) is 24.3 Å². The normalized spacial score (nSPS) is 10.3. The van der Waals surface area contributed by atoms with Crippen LogP contribution in [0.4, 0.5) is 0 Å². The van der Waals surface area contributed by atoms with E-state index in [9.17, 15) is 4.79 Å². The number of aromatic nitrogens is 2. The SMILES string of the molecule is CNC(=O)CSc1nnc(-c2ccc(Br)cc2)o1. The highest BCUT2D eigenvalue weighted by Crippen LogP contribution is 2.24. The van der Waals surface area contributed by atoms with Gasteiger partial charge in [0.1, 0.15) is 0 Å². The fourth-order valence-corrected chi connectivity index (χ4v) is 2.08. The molecule has 0 saturated carbocycles. The van der Waals surface area contributed by atoms with Crippen molar-refractivity contribution in [2.45, 2.75) is 5.22 Å². The zero-order chi connectivity index (χ0) is 13.0. The molecule has 0 bridgehead atoms. The monoisotopic (exact) mass is 327 g/mol. The lowest BCUT2D eigenvalue weighted by molar-refractivity contribution is -0.118. The molecule has 0 radical (unpaired) electrons. The Bertz CT molecular complexity index is 541. The zero-order valence-electron chi connectivity index (χ0n) is 9.51. The molecule has 1 amide bonds. The van der Waals surface area contributed by atoms with Crippen LogP contribution in [-0.4, -0.2) is 28.9 Å². The quantitative estimate of drug-likeness (QED) is 0.873. The molecule has 1 heterocycles. The summed E-state index contributed by atoms with van der Waals surface area (Å²) < 4.78 is 6.44. The Morgan fingerprint density at radius 1 is 1.39 bits per heavy atom. The first kappa shape index (κ1) is 13.1. The summed E-state index contributed by atoms with van der Waals surface area (Å²) in [5.74, 6) is 0.628. The van der Waals surface area contributed by atoms with Gasteiger partial charge in [0.2, 0.25) is 11.8 Å². The van der Waals surface area contributed by atoms with Crippen LogP contribution >= 0.6 is 27.7 Å². The number of nitrogens with zero attached hydrogens (tertiary/aromatic N) is 2. The molecule has 5 nitrogen and oxygen atoms in total. The van der Waals surface area contributed by atoms with Crippen LogP contribution in [0.1, 0.15) is 0 Å². The Kier molecular flexibility index (Phi) is 4.38. The molecule has 2 rings (SSSR count). The Labute approximate surface area is 116 Å². The third-order valence-electron chi connectivity index (χ3n) is 2.10. The lowest BCUT2D eigenvalue weighted by Crippen LogP contribution is -2.19. The number of amides is 1. The van der Waals surface area contributed by atoms with Gasteiger partial charge in [-0.3, -0.25) is 4.79 Å². The van der Waals surface area contributed by atoms with Crippen molar-refractivity contribution in [1.29, 1.82) is 0 Å². The number of hydrogen-bond donors (Lipinski definition) is 1. The Morgan fingerprint density at radius 2 is 2.11 bits per heavy atom. The highest BCUT2D eigenvalue weighted by molar-refractivity contribution is 9.10. The van der Waals surface area contributed by atoms with Crippen molar-refractivity contribution in [2.75, 3.05) is 12.8 Å². The summed E-state index contributed by atoms with van der Waals surface area (Å²) in [6.07, 6.45) is 0. The summed E-state index contributed by atoms with van der Waals surface area (Å²) in [7, 11) is 1.59. The lowest BCUT2D eigenvalue weighted by atomic mass is 10.2. The van der Waals surface area contributed by atoms with Gasteiger partial charge in [0.05, 0.1) is 5.75 Å². The summed E-state index contributed by atoms with van der Waals surface area (Å²) in [6, 6.07) is 7.56. The standard InChI is InChI=1S/C11H10BrN3O2S/c1-13-9(16)6-18-11-15-14-10(17-11)7-2-4-8(12)5-3-7/h2-5H,6H2,1H3,(H,13,16). The third kappa shape index (κ3) is 3.33. The molecule has 0 aliphatic heterocycles. The summed E-state index contributed by atoms with van der Waals surface area (Å²) >= 11 is 4.57. The van der Waals surface area contributed by atoms with Crippen LogP contribution in [0.2, 0.25) is 0 Å². The fourth-order valence-electron chi connectivity index (χ4n) is 1.18. The topological polar surface area (TPSA) is 68.0 Å². The van der Waals surface area contributed by atoms with Gasteiger partial charge in [0.15, 0.2) is 0 Å². The van der Waals surface area contributed by atoms with E-state index in [1.54, 1.807) is 7.05 Å². The predicted octanol–water partition coefficient (Wildman–Crippen LogP) is 2.34. The van der Waals surface area contributed by atoms with E-state index in [0.717, 1.165) is 10.0 Å². The van der Waals surface area contributed by atoms with Gasteiger partial charge in [-0.1, -0.05) is 27.7 Å². The van der Waals surface area contributed by atoms with E-state index in [4.69, 9.17) is 4.42 Å². The molecule has 7 heteroatoms. The van der Waals surface area contributed by atoms with Crippen LogP contribution in [0.25, 0.3) is 11.5 Å². The van der Waals surface area contributed by atoms with Gasteiger partial charge in [0, 0.05) is 17.1 Å². The third-order valence-corrected chi connectivity index (χ3v) is 3.45. The number of nitrogens with one attached hydrogen (secondary N) is 1. The van der Waals surface area contributed by atoms with E-state index in [1.165, 1.54) is 11.8 Å². The molecule has 0 saturated heterocycles. The molecular formula is C11H10BrN3O2S. The number of thioether (sulfide) groups is 1. The first-order chi connectivity index (χ1) is 8.69. The average Bonchev–Trinajstić information content (AvgIpc) is 2.85. The molecule has 0 spiro atoms. The average molecular weight is 328 g/mol. The largest absolute Gasteiger partial charge is 0.411 e. The van der Waals surface area contributed by atoms with Gasteiger partial charge in [-0.25, -0.2) is 0 Å². The number of carbonyl (C=O) groups excluding carboxylic acids is 1. The number of benzene rings is 1.